The summed E-state index contributed by atoms with van der Waals surface area (Å²) in [5.74, 6) is -0.411. The van der Waals surface area contributed by atoms with Crippen LogP contribution in [0.3, 0.4) is 0 Å². The highest BCUT2D eigenvalue weighted by molar-refractivity contribution is 7.91. The molecule has 3 aliphatic rings. The van der Waals surface area contributed by atoms with Gasteiger partial charge in [-0.2, -0.15) is 0 Å². The second-order valence-electron chi connectivity index (χ2n) is 9.35. The Bertz CT molecular complexity index is 1040. The fourth-order valence-corrected chi connectivity index (χ4v) is 6.61. The number of nitrogens with zero attached hydrogens (tertiary/aromatic N) is 4. The third-order valence-corrected chi connectivity index (χ3v) is 8.77. The zero-order valence-electron chi connectivity index (χ0n) is 18.8. The summed E-state index contributed by atoms with van der Waals surface area (Å²) in [5.41, 5.74) is 0.745. The smallest absolute Gasteiger partial charge is 0.293 e. The molecule has 3 saturated heterocycles. The second kappa shape index (κ2) is 9.28. The summed E-state index contributed by atoms with van der Waals surface area (Å²) in [7, 11) is -3.14. The number of hydrogen-bond acceptors (Lipinski definition) is 7. The summed E-state index contributed by atoms with van der Waals surface area (Å²) < 4.78 is 23.3. The Labute approximate surface area is 193 Å². The molecule has 1 atom stereocenters. The Hall–Kier alpha value is -2.69. The van der Waals surface area contributed by atoms with Crippen LogP contribution in [-0.2, 0) is 14.6 Å². The summed E-state index contributed by atoms with van der Waals surface area (Å²) in [6.45, 7) is 4.96. The summed E-state index contributed by atoms with van der Waals surface area (Å²) in [6.07, 6.45) is 2.31. The van der Waals surface area contributed by atoms with Gasteiger partial charge in [-0.15, -0.1) is 0 Å². The lowest BCUT2D eigenvalue weighted by atomic mass is 9.98. The standard InChI is InChI=1S/C22H30N4O6S/c1-16-4-7-23(8-5-16)19-3-2-17(14-20(19)26(29)30)21(27)24-9-11-25(12-10-24)22(28)18-6-13-33(31,32)15-18/h2-3,14,16,18H,4-13,15H2,1H3/t18-/m0/s1. The van der Waals surface area contributed by atoms with Crippen molar-refractivity contribution < 1.29 is 22.9 Å². The Kier molecular flexibility index (Phi) is 6.60. The van der Waals surface area contributed by atoms with Crippen LogP contribution in [0.2, 0.25) is 0 Å². The molecule has 0 aliphatic carbocycles. The van der Waals surface area contributed by atoms with Crippen LogP contribution in [0.5, 0.6) is 0 Å². The Balaban J connectivity index is 1.41. The van der Waals surface area contributed by atoms with Crippen molar-refractivity contribution in [3.05, 3.63) is 33.9 Å². The van der Waals surface area contributed by atoms with Gasteiger partial charge in [0.05, 0.1) is 22.3 Å². The molecular formula is C22H30N4O6S. The van der Waals surface area contributed by atoms with Crippen molar-refractivity contribution >= 4 is 33.0 Å². The molecular weight excluding hydrogens is 448 g/mol. The number of piperazine rings is 1. The molecule has 33 heavy (non-hydrogen) atoms. The van der Waals surface area contributed by atoms with Gasteiger partial charge in [0.2, 0.25) is 5.91 Å². The highest BCUT2D eigenvalue weighted by Gasteiger charge is 2.37. The zero-order valence-corrected chi connectivity index (χ0v) is 19.6. The van der Waals surface area contributed by atoms with Crippen LogP contribution in [0.25, 0.3) is 0 Å². The topological polar surface area (TPSA) is 121 Å². The summed E-state index contributed by atoms with van der Waals surface area (Å²) in [5, 5.41) is 11.7. The Morgan fingerprint density at radius 1 is 1.00 bits per heavy atom. The molecule has 0 unspecified atom stereocenters. The largest absolute Gasteiger partial charge is 0.366 e. The summed E-state index contributed by atoms with van der Waals surface area (Å²) in [6, 6.07) is 4.67. The molecule has 10 nitrogen and oxygen atoms in total. The average Bonchev–Trinajstić information content (AvgIpc) is 3.18. The molecule has 4 rings (SSSR count). The number of piperidine rings is 1. The lowest BCUT2D eigenvalue weighted by molar-refractivity contribution is -0.384. The molecule has 2 amide bonds. The monoisotopic (exact) mass is 478 g/mol. The third-order valence-electron chi connectivity index (χ3n) is 7.00. The highest BCUT2D eigenvalue weighted by atomic mass is 32.2. The first-order valence-corrected chi connectivity index (χ1v) is 13.3. The molecule has 180 valence electrons. The van der Waals surface area contributed by atoms with Gasteiger partial charge in [0, 0.05) is 50.9 Å². The molecule has 0 N–H and O–H groups in total. The lowest BCUT2D eigenvalue weighted by Gasteiger charge is -2.36. The van der Waals surface area contributed by atoms with Gasteiger partial charge in [0.15, 0.2) is 9.84 Å². The van der Waals surface area contributed by atoms with E-state index >= 15 is 0 Å². The van der Waals surface area contributed by atoms with E-state index < -0.39 is 20.7 Å². The van der Waals surface area contributed by atoms with Gasteiger partial charge in [-0.05, 0) is 37.3 Å². The van der Waals surface area contributed by atoms with Gasteiger partial charge in [-0.25, -0.2) is 8.42 Å². The minimum atomic E-state index is -3.14. The fourth-order valence-electron chi connectivity index (χ4n) is 4.88. The molecule has 0 aromatic heterocycles. The molecule has 1 aromatic rings. The van der Waals surface area contributed by atoms with Crippen LogP contribution in [0.1, 0.15) is 36.5 Å². The van der Waals surface area contributed by atoms with Crippen LogP contribution in [0.4, 0.5) is 11.4 Å². The number of sulfone groups is 1. The normalized spacial score (nSPS) is 23.5. The zero-order chi connectivity index (χ0) is 23.8. The number of nitro groups is 1. The predicted octanol–water partition coefficient (Wildman–Crippen LogP) is 1.55. The predicted molar refractivity (Wildman–Crippen MR) is 123 cm³/mol. The van der Waals surface area contributed by atoms with Gasteiger partial charge in [-0.1, -0.05) is 6.92 Å². The van der Waals surface area contributed by atoms with Gasteiger partial charge < -0.3 is 14.7 Å². The lowest BCUT2D eigenvalue weighted by Crippen LogP contribution is -2.52. The van der Waals surface area contributed by atoms with E-state index in [4.69, 9.17) is 0 Å². The first-order valence-electron chi connectivity index (χ1n) is 11.5. The maximum Gasteiger partial charge on any atom is 0.293 e. The summed E-state index contributed by atoms with van der Waals surface area (Å²) >= 11 is 0. The SMILES string of the molecule is CC1CCN(c2ccc(C(=O)N3CCN(C(=O)[C@H]4CCS(=O)(=O)C4)CC3)cc2[N+](=O)[O-])CC1. The van der Waals surface area contributed by atoms with Gasteiger partial charge >= 0.3 is 0 Å². The Morgan fingerprint density at radius 3 is 2.21 bits per heavy atom. The second-order valence-corrected chi connectivity index (χ2v) is 11.6. The number of benzene rings is 1. The molecule has 11 heteroatoms. The van der Waals surface area contributed by atoms with Crippen molar-refractivity contribution in [2.45, 2.75) is 26.2 Å². The minimum Gasteiger partial charge on any atom is -0.366 e. The molecule has 0 spiro atoms. The van der Waals surface area contributed by atoms with Crippen molar-refractivity contribution in [2.24, 2.45) is 11.8 Å². The van der Waals surface area contributed by atoms with Crippen molar-refractivity contribution in [1.29, 1.82) is 0 Å². The molecule has 0 radical (unpaired) electrons. The van der Waals surface area contributed by atoms with Crippen LogP contribution in [0, 0.1) is 22.0 Å². The minimum absolute atomic E-state index is 0.0487. The number of hydrogen-bond donors (Lipinski definition) is 0. The molecule has 0 saturated carbocycles. The van der Waals surface area contributed by atoms with Crippen molar-refractivity contribution in [3.8, 4) is 0 Å². The van der Waals surface area contributed by atoms with Crippen LogP contribution < -0.4 is 4.90 Å². The van der Waals surface area contributed by atoms with Crippen molar-refractivity contribution in [2.75, 3.05) is 55.7 Å². The first kappa shape index (κ1) is 23.5. The van der Waals surface area contributed by atoms with Crippen molar-refractivity contribution in [1.82, 2.24) is 9.80 Å². The number of anilines is 1. The summed E-state index contributed by atoms with van der Waals surface area (Å²) in [4.78, 5) is 42.2. The third kappa shape index (κ3) is 5.13. The average molecular weight is 479 g/mol. The number of nitro benzene ring substituents is 1. The highest BCUT2D eigenvalue weighted by Crippen LogP contribution is 2.33. The van der Waals surface area contributed by atoms with E-state index in [0.29, 0.717) is 44.2 Å². The molecule has 0 bridgehead atoms. The Morgan fingerprint density at radius 2 is 1.64 bits per heavy atom. The maximum absolute atomic E-state index is 13.0. The van der Waals surface area contributed by atoms with E-state index in [1.165, 1.54) is 6.07 Å². The molecule has 1 aromatic carbocycles. The van der Waals surface area contributed by atoms with Crippen LogP contribution in [0.15, 0.2) is 18.2 Å². The quantitative estimate of drug-likeness (QED) is 0.475. The van der Waals surface area contributed by atoms with Crippen molar-refractivity contribution in [3.63, 3.8) is 0 Å². The van der Waals surface area contributed by atoms with Gasteiger partial charge in [0.1, 0.15) is 5.69 Å². The van der Waals surface area contributed by atoms with E-state index in [-0.39, 0.29) is 34.6 Å². The number of carbonyl (C=O) groups is 2. The van der Waals surface area contributed by atoms with E-state index in [9.17, 15) is 28.1 Å². The first-order chi connectivity index (χ1) is 15.6. The maximum atomic E-state index is 13.0. The molecule has 3 fully saturated rings. The van der Waals surface area contributed by atoms with Crippen LogP contribution in [-0.4, -0.2) is 85.7 Å². The van der Waals surface area contributed by atoms with E-state index in [0.717, 1.165) is 25.9 Å². The molecule has 3 aliphatic heterocycles. The van der Waals surface area contributed by atoms with E-state index in [2.05, 4.69) is 6.92 Å². The van der Waals surface area contributed by atoms with Gasteiger partial charge in [-0.3, -0.25) is 19.7 Å². The van der Waals surface area contributed by atoms with E-state index in [1.54, 1.807) is 21.9 Å². The number of rotatable bonds is 4. The van der Waals surface area contributed by atoms with Gasteiger partial charge in [0.25, 0.3) is 11.6 Å². The van der Waals surface area contributed by atoms with Crippen LogP contribution >= 0.6 is 0 Å². The van der Waals surface area contributed by atoms with E-state index in [1.807, 2.05) is 4.90 Å². The molecule has 3 heterocycles. The fraction of sp³-hybridized carbons (Fsp3) is 0.636. The number of carbonyl (C=O) groups excluding carboxylic acids is 2. The number of amides is 2.